The zero-order valence-electron chi connectivity index (χ0n) is 12.0. The Labute approximate surface area is 120 Å². The van der Waals surface area contributed by atoms with Gasteiger partial charge in [0.25, 0.3) is 0 Å². The SMILES string of the molecule is Cc1ccc(-n2ccc(C3CC3)n2)c(CNC2CC2)c1. The quantitative estimate of drug-likeness (QED) is 0.900. The first-order chi connectivity index (χ1) is 9.79. The summed E-state index contributed by atoms with van der Waals surface area (Å²) in [6.45, 7) is 3.10. The van der Waals surface area contributed by atoms with E-state index in [9.17, 15) is 0 Å². The van der Waals surface area contributed by atoms with Crippen molar-refractivity contribution in [3.63, 3.8) is 0 Å². The predicted octanol–water partition coefficient (Wildman–Crippen LogP) is 3.31. The molecule has 1 aromatic carbocycles. The number of hydrogen-bond acceptors (Lipinski definition) is 2. The molecule has 1 aromatic heterocycles. The van der Waals surface area contributed by atoms with E-state index < -0.39 is 0 Å². The second kappa shape index (κ2) is 4.74. The molecule has 0 atom stereocenters. The van der Waals surface area contributed by atoms with Crippen molar-refractivity contribution < 1.29 is 0 Å². The van der Waals surface area contributed by atoms with Gasteiger partial charge < -0.3 is 5.32 Å². The van der Waals surface area contributed by atoms with Gasteiger partial charge in [-0.05, 0) is 50.3 Å². The molecule has 0 amide bonds. The van der Waals surface area contributed by atoms with Gasteiger partial charge in [0.1, 0.15) is 0 Å². The standard InChI is InChI=1S/C17H21N3/c1-12-2-7-17(14(10-12)11-18-15-5-6-15)20-9-8-16(19-20)13-3-4-13/h2,7-10,13,15,18H,3-6,11H2,1H3. The maximum Gasteiger partial charge on any atom is 0.0690 e. The number of hydrogen-bond donors (Lipinski definition) is 1. The molecule has 0 aliphatic heterocycles. The largest absolute Gasteiger partial charge is 0.310 e. The van der Waals surface area contributed by atoms with Crippen LogP contribution in [-0.2, 0) is 6.54 Å². The minimum atomic E-state index is 0.717. The van der Waals surface area contributed by atoms with E-state index in [4.69, 9.17) is 5.10 Å². The molecule has 3 heteroatoms. The van der Waals surface area contributed by atoms with Gasteiger partial charge in [-0.15, -0.1) is 0 Å². The van der Waals surface area contributed by atoms with Crippen LogP contribution in [0.4, 0.5) is 0 Å². The average molecular weight is 267 g/mol. The van der Waals surface area contributed by atoms with Crippen molar-refractivity contribution in [3.8, 4) is 5.69 Å². The van der Waals surface area contributed by atoms with Crippen LogP contribution in [0, 0.1) is 6.92 Å². The van der Waals surface area contributed by atoms with Gasteiger partial charge in [0.15, 0.2) is 0 Å². The Bertz CT molecular complexity index is 621. The van der Waals surface area contributed by atoms with E-state index in [0.29, 0.717) is 0 Å². The molecule has 2 aliphatic rings. The molecule has 0 saturated heterocycles. The Morgan fingerprint density at radius 1 is 1.20 bits per heavy atom. The van der Waals surface area contributed by atoms with E-state index >= 15 is 0 Å². The summed E-state index contributed by atoms with van der Waals surface area (Å²) in [5.74, 6) is 0.717. The summed E-state index contributed by atoms with van der Waals surface area (Å²) >= 11 is 0. The highest BCUT2D eigenvalue weighted by atomic mass is 15.3. The number of rotatable bonds is 5. The molecule has 1 heterocycles. The van der Waals surface area contributed by atoms with Crippen LogP contribution in [0.5, 0.6) is 0 Å². The van der Waals surface area contributed by atoms with Gasteiger partial charge in [-0.2, -0.15) is 5.10 Å². The fourth-order valence-corrected chi connectivity index (χ4v) is 2.69. The van der Waals surface area contributed by atoms with Crippen molar-refractivity contribution in [3.05, 3.63) is 47.3 Å². The Balaban J connectivity index is 1.63. The van der Waals surface area contributed by atoms with E-state index in [-0.39, 0.29) is 0 Å². The molecule has 2 aromatic rings. The van der Waals surface area contributed by atoms with Crippen LogP contribution in [0.25, 0.3) is 5.69 Å². The lowest BCUT2D eigenvalue weighted by Crippen LogP contribution is -2.17. The summed E-state index contributed by atoms with van der Waals surface area (Å²) in [6.07, 6.45) is 7.38. The highest BCUT2D eigenvalue weighted by Crippen LogP contribution is 2.39. The molecular formula is C17H21N3. The van der Waals surface area contributed by atoms with Gasteiger partial charge in [-0.1, -0.05) is 17.7 Å². The molecule has 104 valence electrons. The topological polar surface area (TPSA) is 29.9 Å². The summed E-state index contributed by atoms with van der Waals surface area (Å²) in [4.78, 5) is 0. The third kappa shape index (κ3) is 2.50. The van der Waals surface area contributed by atoms with E-state index in [1.54, 1.807) is 0 Å². The number of nitrogens with one attached hydrogen (secondary N) is 1. The molecule has 3 nitrogen and oxygen atoms in total. The van der Waals surface area contributed by atoms with Crippen molar-refractivity contribution in [2.75, 3.05) is 0 Å². The minimum Gasteiger partial charge on any atom is -0.310 e. The Kier molecular flexibility index (Phi) is 2.88. The van der Waals surface area contributed by atoms with Crippen LogP contribution in [0.15, 0.2) is 30.5 Å². The molecule has 1 N–H and O–H groups in total. The fraction of sp³-hybridized carbons (Fsp3) is 0.471. The highest BCUT2D eigenvalue weighted by Gasteiger charge is 2.26. The smallest absolute Gasteiger partial charge is 0.0690 e. The van der Waals surface area contributed by atoms with Gasteiger partial charge >= 0.3 is 0 Å². The van der Waals surface area contributed by atoms with E-state index in [0.717, 1.165) is 18.5 Å². The fourth-order valence-electron chi connectivity index (χ4n) is 2.69. The van der Waals surface area contributed by atoms with Gasteiger partial charge in [0.05, 0.1) is 11.4 Å². The van der Waals surface area contributed by atoms with Crippen LogP contribution in [0.2, 0.25) is 0 Å². The molecule has 2 aliphatic carbocycles. The minimum absolute atomic E-state index is 0.717. The Morgan fingerprint density at radius 2 is 2.05 bits per heavy atom. The van der Waals surface area contributed by atoms with Crippen LogP contribution in [-0.4, -0.2) is 15.8 Å². The summed E-state index contributed by atoms with van der Waals surface area (Å²) in [6, 6.07) is 9.57. The summed E-state index contributed by atoms with van der Waals surface area (Å²) in [7, 11) is 0. The first-order valence-electron chi connectivity index (χ1n) is 7.68. The van der Waals surface area contributed by atoms with Gasteiger partial charge in [0, 0.05) is 24.7 Å². The zero-order chi connectivity index (χ0) is 13.5. The lowest BCUT2D eigenvalue weighted by atomic mass is 10.1. The number of nitrogens with zero attached hydrogens (tertiary/aromatic N) is 2. The first kappa shape index (κ1) is 12.2. The predicted molar refractivity (Wildman–Crippen MR) is 80.1 cm³/mol. The molecule has 0 spiro atoms. The number of benzene rings is 1. The molecule has 2 saturated carbocycles. The normalized spacial score (nSPS) is 18.4. The maximum atomic E-state index is 4.76. The molecular weight excluding hydrogens is 246 g/mol. The summed E-state index contributed by atoms with van der Waals surface area (Å²) in [5.41, 5.74) is 5.14. The molecule has 0 radical (unpaired) electrons. The van der Waals surface area contributed by atoms with Crippen LogP contribution in [0.1, 0.15) is 48.4 Å². The number of aromatic nitrogens is 2. The number of aryl methyl sites for hydroxylation is 1. The average Bonchev–Trinajstić information content (AvgIpc) is 3.37. The third-order valence-corrected chi connectivity index (χ3v) is 4.25. The summed E-state index contributed by atoms with van der Waals surface area (Å²) < 4.78 is 2.05. The van der Waals surface area contributed by atoms with Gasteiger partial charge in [0.2, 0.25) is 0 Å². The van der Waals surface area contributed by atoms with Gasteiger partial charge in [-0.25, -0.2) is 4.68 Å². The molecule has 20 heavy (non-hydrogen) atoms. The van der Waals surface area contributed by atoms with E-state index in [1.807, 2.05) is 0 Å². The molecule has 4 rings (SSSR count). The Morgan fingerprint density at radius 3 is 2.80 bits per heavy atom. The molecule has 0 unspecified atom stereocenters. The van der Waals surface area contributed by atoms with E-state index in [1.165, 1.54) is 48.2 Å². The lowest BCUT2D eigenvalue weighted by molar-refractivity contribution is 0.680. The van der Waals surface area contributed by atoms with Crippen LogP contribution in [0.3, 0.4) is 0 Å². The summed E-state index contributed by atoms with van der Waals surface area (Å²) in [5, 5.41) is 8.38. The second-order valence-electron chi connectivity index (χ2n) is 6.25. The monoisotopic (exact) mass is 267 g/mol. The third-order valence-electron chi connectivity index (χ3n) is 4.25. The van der Waals surface area contributed by atoms with Crippen LogP contribution < -0.4 is 5.32 Å². The first-order valence-corrected chi connectivity index (χ1v) is 7.68. The lowest BCUT2D eigenvalue weighted by Gasteiger charge is -2.11. The van der Waals surface area contributed by atoms with Crippen molar-refractivity contribution >= 4 is 0 Å². The second-order valence-corrected chi connectivity index (χ2v) is 6.25. The highest BCUT2D eigenvalue weighted by molar-refractivity contribution is 5.43. The van der Waals surface area contributed by atoms with Crippen molar-refractivity contribution in [1.29, 1.82) is 0 Å². The van der Waals surface area contributed by atoms with Crippen LogP contribution >= 0.6 is 0 Å². The molecule has 0 bridgehead atoms. The maximum absolute atomic E-state index is 4.76. The van der Waals surface area contributed by atoms with Crippen molar-refractivity contribution in [1.82, 2.24) is 15.1 Å². The Hall–Kier alpha value is -1.61. The zero-order valence-corrected chi connectivity index (χ0v) is 12.0. The molecule has 2 fully saturated rings. The van der Waals surface area contributed by atoms with Crippen molar-refractivity contribution in [2.24, 2.45) is 0 Å². The van der Waals surface area contributed by atoms with Crippen molar-refractivity contribution in [2.45, 2.75) is 51.1 Å². The van der Waals surface area contributed by atoms with E-state index in [2.05, 4.69) is 47.4 Å². The van der Waals surface area contributed by atoms with Gasteiger partial charge in [-0.3, -0.25) is 0 Å².